The van der Waals surface area contributed by atoms with Crippen LogP contribution in [0, 0.1) is 0 Å². The van der Waals surface area contributed by atoms with Crippen LogP contribution in [0.1, 0.15) is 17.7 Å². The summed E-state index contributed by atoms with van der Waals surface area (Å²) in [6.07, 6.45) is 4.32. The molecule has 0 atom stereocenters. The Bertz CT molecular complexity index is 4490. The molecule has 14 aromatic rings. The van der Waals surface area contributed by atoms with Gasteiger partial charge in [0.25, 0.3) is 0 Å². The Kier molecular flexibility index (Phi) is 9.54. The van der Waals surface area contributed by atoms with E-state index in [1.165, 1.54) is 103 Å². The summed E-state index contributed by atoms with van der Waals surface area (Å²) >= 11 is 1.95. The van der Waals surface area contributed by atoms with Gasteiger partial charge >= 0.3 is 0 Å². The summed E-state index contributed by atoms with van der Waals surface area (Å²) in [7, 11) is 0. The molecule has 0 fully saturated rings. The lowest BCUT2D eigenvalue weighted by Gasteiger charge is -2.30. The van der Waals surface area contributed by atoms with Crippen LogP contribution in [-0.2, 0) is 6.42 Å². The first-order chi connectivity index (χ1) is 36.2. The van der Waals surface area contributed by atoms with Crippen LogP contribution in [0.25, 0.3) is 91.9 Å². The van der Waals surface area contributed by atoms with E-state index in [4.69, 9.17) is 0 Å². The summed E-state index contributed by atoms with van der Waals surface area (Å²) < 4.78 is 7.62. The summed E-state index contributed by atoms with van der Waals surface area (Å²) in [5.41, 5.74) is 15.6. The number of hydrogen-bond acceptors (Lipinski definition) is 3. The van der Waals surface area contributed by atoms with Gasteiger partial charge < -0.3 is 18.9 Å². The Morgan fingerprint density at radius 2 is 0.795 bits per heavy atom. The average Bonchev–Trinajstić information content (AvgIpc) is 4.12. The molecule has 0 radical (unpaired) electrons. The number of fused-ring (bicyclic) bond motifs is 13. The highest BCUT2D eigenvalue weighted by Crippen LogP contribution is 2.50. The monoisotopic (exact) mass is 950 g/mol. The number of rotatable bonds is 8. The second-order valence-electron chi connectivity index (χ2n) is 19.2. The molecule has 3 aromatic heterocycles. The number of benzene rings is 11. The van der Waals surface area contributed by atoms with Crippen LogP contribution in [0.4, 0.5) is 28.4 Å². The third kappa shape index (κ3) is 6.66. The van der Waals surface area contributed by atoms with Crippen molar-refractivity contribution in [3.05, 3.63) is 266 Å². The highest BCUT2D eigenvalue weighted by molar-refractivity contribution is 7.27. The number of allylic oxidation sites excluding steroid dienone is 1. The Morgan fingerprint density at radius 1 is 0.329 bits per heavy atom. The first-order valence-corrected chi connectivity index (χ1v) is 26.0. The van der Waals surface area contributed by atoms with E-state index in [0.717, 1.165) is 41.3 Å². The van der Waals surface area contributed by atoms with E-state index in [1.54, 1.807) is 0 Å². The van der Waals surface area contributed by atoms with Gasteiger partial charge in [-0.15, -0.1) is 11.3 Å². The van der Waals surface area contributed by atoms with Crippen LogP contribution in [0.2, 0.25) is 0 Å². The number of hydrogen-bond donors (Lipinski definition) is 0. The van der Waals surface area contributed by atoms with Crippen molar-refractivity contribution in [3.63, 3.8) is 0 Å². The lowest BCUT2D eigenvalue weighted by Crippen LogP contribution is -2.19. The Labute approximate surface area is 426 Å². The van der Waals surface area contributed by atoms with Crippen molar-refractivity contribution in [2.75, 3.05) is 9.80 Å². The minimum atomic E-state index is 0.897. The molecule has 0 saturated carbocycles. The Hall–Kier alpha value is -9.16. The number of aromatic nitrogens is 2. The van der Waals surface area contributed by atoms with Crippen LogP contribution < -0.4 is 9.80 Å². The molecule has 0 unspecified atom stereocenters. The first-order valence-electron chi connectivity index (χ1n) is 25.2. The second kappa shape index (κ2) is 16.7. The molecule has 344 valence electrons. The minimum absolute atomic E-state index is 0.897. The highest BCUT2D eigenvalue weighted by atomic mass is 32.1. The highest BCUT2D eigenvalue weighted by Gasteiger charge is 2.28. The minimum Gasteiger partial charge on any atom is -0.314 e. The smallest absolute Gasteiger partial charge is 0.0555 e. The van der Waals surface area contributed by atoms with Gasteiger partial charge in [-0.2, -0.15) is 0 Å². The van der Waals surface area contributed by atoms with E-state index in [1.807, 2.05) is 11.3 Å². The fraction of sp³-hybridized carbons (Fsp3) is 0.0294. The lowest BCUT2D eigenvalue weighted by atomic mass is 9.97. The van der Waals surface area contributed by atoms with Crippen molar-refractivity contribution in [1.29, 1.82) is 0 Å². The maximum absolute atomic E-state index is 2.54. The number of nitrogens with zero attached hydrogens (tertiary/aromatic N) is 4. The summed E-state index contributed by atoms with van der Waals surface area (Å²) in [4.78, 5) is 4.90. The van der Waals surface area contributed by atoms with Gasteiger partial charge in [0.15, 0.2) is 0 Å². The fourth-order valence-electron chi connectivity index (χ4n) is 11.9. The summed E-state index contributed by atoms with van der Waals surface area (Å²) in [6.45, 7) is 0. The van der Waals surface area contributed by atoms with Crippen molar-refractivity contribution in [3.8, 4) is 11.4 Å². The van der Waals surface area contributed by atoms with Gasteiger partial charge in [0.1, 0.15) is 0 Å². The maximum Gasteiger partial charge on any atom is 0.0555 e. The third-order valence-electron chi connectivity index (χ3n) is 15.1. The van der Waals surface area contributed by atoms with Crippen molar-refractivity contribution >= 4 is 120 Å². The molecule has 5 heteroatoms. The number of para-hydroxylation sites is 4. The molecule has 1 aliphatic rings. The largest absolute Gasteiger partial charge is 0.314 e. The molecule has 3 heterocycles. The van der Waals surface area contributed by atoms with E-state index < -0.39 is 0 Å². The molecule has 0 amide bonds. The quantitative estimate of drug-likeness (QED) is 0.151. The van der Waals surface area contributed by atoms with Gasteiger partial charge in [-0.25, -0.2) is 0 Å². The summed E-state index contributed by atoms with van der Waals surface area (Å²) in [5.74, 6) is 0. The van der Waals surface area contributed by atoms with E-state index in [2.05, 4.69) is 274 Å². The van der Waals surface area contributed by atoms with Gasteiger partial charge in [-0.05, 0) is 144 Å². The number of anilines is 5. The van der Waals surface area contributed by atoms with Gasteiger partial charge in [0, 0.05) is 93.1 Å². The molecule has 0 N–H and O–H groups in total. The second-order valence-corrected chi connectivity index (χ2v) is 20.2. The molecule has 11 aromatic carbocycles. The zero-order chi connectivity index (χ0) is 48.0. The maximum atomic E-state index is 2.54. The molecule has 0 saturated heterocycles. The van der Waals surface area contributed by atoms with E-state index in [-0.39, 0.29) is 0 Å². The molecule has 15 rings (SSSR count). The average molecular weight is 951 g/mol. The predicted molar refractivity (Wildman–Crippen MR) is 312 cm³/mol. The molecular weight excluding hydrogens is 905 g/mol. The van der Waals surface area contributed by atoms with Crippen LogP contribution in [0.15, 0.2) is 254 Å². The van der Waals surface area contributed by atoms with Gasteiger partial charge in [-0.1, -0.05) is 146 Å². The fourth-order valence-corrected chi connectivity index (χ4v) is 13.3. The molecule has 4 nitrogen and oxygen atoms in total. The van der Waals surface area contributed by atoms with Crippen molar-refractivity contribution < 1.29 is 0 Å². The SMILES string of the molecule is C1=C(N(c2ccccc2)c2ccc3ccccc3c2)CCc2c1c1c3sc4c(ccc5c4c4cc(N(c6ccccc6)c6ccc7ccccc7c6)ccc4n5-c4ccccc4)c3ccc1n2-c1ccccc1. The zero-order valence-electron chi connectivity index (χ0n) is 39.9. The normalized spacial score (nSPS) is 12.6. The molecule has 1 aliphatic carbocycles. The molecule has 0 bridgehead atoms. The van der Waals surface area contributed by atoms with E-state index >= 15 is 0 Å². The summed E-state index contributed by atoms with van der Waals surface area (Å²) in [5, 5.41) is 11.3. The van der Waals surface area contributed by atoms with E-state index in [0.29, 0.717) is 0 Å². The first kappa shape index (κ1) is 41.6. The van der Waals surface area contributed by atoms with Crippen LogP contribution in [-0.4, -0.2) is 9.13 Å². The third-order valence-corrected chi connectivity index (χ3v) is 16.4. The van der Waals surface area contributed by atoms with Gasteiger partial charge in [-0.3, -0.25) is 0 Å². The zero-order valence-corrected chi connectivity index (χ0v) is 40.7. The predicted octanol–water partition coefficient (Wildman–Crippen LogP) is 19.0. The van der Waals surface area contributed by atoms with Crippen LogP contribution in [0.3, 0.4) is 0 Å². The van der Waals surface area contributed by atoms with Crippen LogP contribution >= 0.6 is 11.3 Å². The molecule has 73 heavy (non-hydrogen) atoms. The van der Waals surface area contributed by atoms with Crippen LogP contribution in [0.5, 0.6) is 0 Å². The standard InChI is InChI=1S/C68H46N4S/c1-5-21-49(22-6-1)69(53-31-29-45-17-13-15-19-47(45)41-53)55-33-37-61-59(43-55)65-63(71(61)51-25-9-3-10-26-51)39-35-57-58-36-40-64-66(68(58)73-67(57)65)60-44-56(34-38-62(60)72(64)52-27-11-4-12-28-52)70(50-23-7-2-8-24-50)54-32-30-46-18-14-16-20-48(46)42-54/h1-33,35-37,39-44H,34,38H2. The van der Waals surface area contributed by atoms with Crippen molar-refractivity contribution in [1.82, 2.24) is 9.13 Å². The van der Waals surface area contributed by atoms with Crippen molar-refractivity contribution in [2.45, 2.75) is 12.8 Å². The number of thiophene rings is 1. The van der Waals surface area contributed by atoms with E-state index in [9.17, 15) is 0 Å². The van der Waals surface area contributed by atoms with Crippen molar-refractivity contribution in [2.24, 2.45) is 0 Å². The molecule has 0 spiro atoms. The Balaban J connectivity index is 1.00. The lowest BCUT2D eigenvalue weighted by molar-refractivity contribution is 0.838. The molecular formula is C68H46N4S. The Morgan fingerprint density at radius 3 is 1.41 bits per heavy atom. The molecule has 0 aliphatic heterocycles. The topological polar surface area (TPSA) is 16.3 Å². The van der Waals surface area contributed by atoms with Gasteiger partial charge in [0.05, 0.1) is 16.6 Å². The summed E-state index contributed by atoms with van der Waals surface area (Å²) in [6, 6.07) is 91.1. The van der Waals surface area contributed by atoms with Gasteiger partial charge in [0.2, 0.25) is 0 Å².